The zero-order valence-corrected chi connectivity index (χ0v) is 17.7. The summed E-state index contributed by atoms with van der Waals surface area (Å²) in [5.41, 5.74) is 1.51. The Morgan fingerprint density at radius 3 is 2.34 bits per heavy atom. The number of halogens is 1. The molecule has 1 aliphatic heterocycles. The van der Waals surface area contributed by atoms with Crippen LogP contribution in [0.2, 0.25) is 0 Å². The summed E-state index contributed by atoms with van der Waals surface area (Å²) in [5.74, 6) is -2.04. The predicted molar refractivity (Wildman–Crippen MR) is 115 cm³/mol. The highest BCUT2D eigenvalue weighted by molar-refractivity contribution is 6.07. The molecule has 1 saturated heterocycles. The van der Waals surface area contributed by atoms with Gasteiger partial charge in [0.2, 0.25) is 0 Å². The van der Waals surface area contributed by atoms with E-state index in [0.717, 1.165) is 0 Å². The van der Waals surface area contributed by atoms with Gasteiger partial charge in [0.1, 0.15) is 17.1 Å². The van der Waals surface area contributed by atoms with E-state index in [2.05, 4.69) is 5.10 Å². The molecule has 0 bridgehead atoms. The molecule has 1 aromatic heterocycles. The molecule has 3 aromatic rings. The second kappa shape index (κ2) is 9.19. The monoisotopic (exact) mass is 439 g/mol. The zero-order valence-electron chi connectivity index (χ0n) is 17.7. The lowest BCUT2D eigenvalue weighted by molar-refractivity contribution is 0.0549. The number of hydrogen-bond acceptors (Lipinski definition) is 7. The maximum absolute atomic E-state index is 14.4. The molecule has 0 radical (unpaired) electrons. The van der Waals surface area contributed by atoms with Gasteiger partial charge < -0.3 is 19.1 Å². The van der Waals surface area contributed by atoms with E-state index in [1.807, 2.05) is 11.0 Å². The summed E-state index contributed by atoms with van der Waals surface area (Å²) in [7, 11) is 2.42. The number of para-hydroxylation sites is 1. The van der Waals surface area contributed by atoms with E-state index in [9.17, 15) is 14.0 Å². The number of nitrogens with zero attached hydrogens (tertiary/aromatic N) is 3. The fraction of sp³-hybridized carbons (Fsp3) is 0.261. The van der Waals surface area contributed by atoms with Crippen LogP contribution in [0.25, 0.3) is 16.9 Å². The Bertz CT molecular complexity index is 1140. The highest BCUT2D eigenvalue weighted by Crippen LogP contribution is 2.36. The van der Waals surface area contributed by atoms with E-state index in [1.54, 1.807) is 30.3 Å². The average molecular weight is 439 g/mol. The van der Waals surface area contributed by atoms with Crippen LogP contribution < -0.4 is 4.90 Å². The van der Waals surface area contributed by atoms with Crippen molar-refractivity contribution in [3.8, 4) is 16.9 Å². The summed E-state index contributed by atoms with van der Waals surface area (Å²) in [4.78, 5) is 27.6. The minimum atomic E-state index is -0.778. The second-order valence-corrected chi connectivity index (χ2v) is 7.06. The highest BCUT2D eigenvalue weighted by Gasteiger charge is 2.33. The Labute approximate surface area is 184 Å². The van der Waals surface area contributed by atoms with Gasteiger partial charge in [0.15, 0.2) is 5.69 Å². The van der Waals surface area contributed by atoms with Crippen molar-refractivity contribution < 1.29 is 28.2 Å². The van der Waals surface area contributed by atoms with Gasteiger partial charge in [-0.25, -0.2) is 18.7 Å². The van der Waals surface area contributed by atoms with Crippen LogP contribution in [0.15, 0.2) is 48.5 Å². The quantitative estimate of drug-likeness (QED) is 0.565. The number of carbonyl (C=O) groups is 2. The van der Waals surface area contributed by atoms with Crippen molar-refractivity contribution >= 4 is 17.6 Å². The van der Waals surface area contributed by atoms with Crippen molar-refractivity contribution in [1.29, 1.82) is 0 Å². The molecular formula is C23H22FN3O5. The van der Waals surface area contributed by atoms with Gasteiger partial charge in [-0.15, -0.1) is 0 Å². The van der Waals surface area contributed by atoms with Gasteiger partial charge in [0.05, 0.1) is 33.1 Å². The number of ether oxygens (including phenoxy) is 3. The van der Waals surface area contributed by atoms with E-state index in [0.29, 0.717) is 43.2 Å². The van der Waals surface area contributed by atoms with Gasteiger partial charge in [-0.05, 0) is 30.3 Å². The van der Waals surface area contributed by atoms with Gasteiger partial charge in [-0.3, -0.25) is 0 Å². The van der Waals surface area contributed by atoms with Crippen molar-refractivity contribution in [3.05, 3.63) is 65.6 Å². The Morgan fingerprint density at radius 2 is 1.69 bits per heavy atom. The second-order valence-electron chi connectivity index (χ2n) is 7.06. The molecule has 0 aliphatic carbocycles. The van der Waals surface area contributed by atoms with Gasteiger partial charge in [0.25, 0.3) is 0 Å². The highest BCUT2D eigenvalue weighted by atomic mass is 19.1. The number of aromatic nitrogens is 2. The van der Waals surface area contributed by atoms with E-state index >= 15 is 0 Å². The molecule has 2 heterocycles. The van der Waals surface area contributed by atoms with Crippen molar-refractivity contribution in [2.24, 2.45) is 0 Å². The molecule has 32 heavy (non-hydrogen) atoms. The summed E-state index contributed by atoms with van der Waals surface area (Å²) in [6.07, 6.45) is 0. The standard InChI is InChI=1S/C23H22FN3O5/c1-30-22(28)19-20(17-14-15(24)8-9-18(17)26-10-12-32-13-11-26)25-27(21(19)23(29)31-2)16-6-4-3-5-7-16/h3-9,14H,10-13H2,1-2H3. The number of methoxy groups -OCH3 is 2. The van der Waals surface area contributed by atoms with Gasteiger partial charge in [-0.2, -0.15) is 5.10 Å². The zero-order chi connectivity index (χ0) is 22.7. The summed E-state index contributed by atoms with van der Waals surface area (Å²) >= 11 is 0. The van der Waals surface area contributed by atoms with E-state index in [4.69, 9.17) is 14.2 Å². The first-order valence-corrected chi connectivity index (χ1v) is 10.0. The van der Waals surface area contributed by atoms with E-state index in [-0.39, 0.29) is 17.0 Å². The van der Waals surface area contributed by atoms with Crippen molar-refractivity contribution in [3.63, 3.8) is 0 Å². The predicted octanol–water partition coefficient (Wildman–Crippen LogP) is 3.09. The summed E-state index contributed by atoms with van der Waals surface area (Å²) in [6, 6.07) is 13.1. The SMILES string of the molecule is COC(=O)c1c(-c2cc(F)ccc2N2CCOCC2)nn(-c2ccccc2)c1C(=O)OC. The molecule has 1 aliphatic rings. The Hall–Kier alpha value is -3.72. The number of esters is 2. The minimum absolute atomic E-state index is 0.0942. The summed E-state index contributed by atoms with van der Waals surface area (Å²) in [5, 5.41) is 4.58. The van der Waals surface area contributed by atoms with Gasteiger partial charge in [-0.1, -0.05) is 18.2 Å². The Kier molecular flexibility index (Phi) is 6.18. The van der Waals surface area contributed by atoms with Crippen molar-refractivity contribution in [1.82, 2.24) is 9.78 Å². The molecule has 0 unspecified atom stereocenters. The molecule has 8 nitrogen and oxygen atoms in total. The third kappa shape index (κ3) is 3.94. The lowest BCUT2D eigenvalue weighted by Crippen LogP contribution is -2.36. The third-order valence-corrected chi connectivity index (χ3v) is 5.22. The van der Waals surface area contributed by atoms with Gasteiger partial charge in [0, 0.05) is 24.3 Å². The molecule has 1 fully saturated rings. The van der Waals surface area contributed by atoms with Crippen LogP contribution in [0.3, 0.4) is 0 Å². The maximum Gasteiger partial charge on any atom is 0.357 e. The van der Waals surface area contributed by atoms with Crippen LogP contribution in [-0.2, 0) is 14.2 Å². The molecule has 2 aromatic carbocycles. The molecule has 0 atom stereocenters. The lowest BCUT2D eigenvalue weighted by atomic mass is 10.0. The van der Waals surface area contributed by atoms with Crippen molar-refractivity contribution in [2.45, 2.75) is 0 Å². The molecule has 0 saturated carbocycles. The number of anilines is 1. The molecule has 4 rings (SSSR count). The molecule has 0 spiro atoms. The Balaban J connectivity index is 2.01. The van der Waals surface area contributed by atoms with Crippen LogP contribution in [0, 0.1) is 5.82 Å². The van der Waals surface area contributed by atoms with Crippen LogP contribution in [0.4, 0.5) is 10.1 Å². The Morgan fingerprint density at radius 1 is 1.00 bits per heavy atom. The maximum atomic E-state index is 14.4. The average Bonchev–Trinajstić information content (AvgIpc) is 3.24. The van der Waals surface area contributed by atoms with E-state index in [1.165, 1.54) is 31.0 Å². The molecule has 0 N–H and O–H groups in total. The summed E-state index contributed by atoms with van der Waals surface area (Å²) < 4.78 is 31.0. The van der Waals surface area contributed by atoms with Crippen LogP contribution in [-0.4, -0.2) is 62.2 Å². The number of benzene rings is 2. The first-order chi connectivity index (χ1) is 15.5. The first kappa shape index (κ1) is 21.5. The normalized spacial score (nSPS) is 13.7. The molecular weight excluding hydrogens is 417 g/mol. The molecule has 9 heteroatoms. The smallest absolute Gasteiger partial charge is 0.357 e. The van der Waals surface area contributed by atoms with Crippen LogP contribution in [0.5, 0.6) is 0 Å². The fourth-order valence-electron chi connectivity index (χ4n) is 3.72. The van der Waals surface area contributed by atoms with Crippen LogP contribution in [0.1, 0.15) is 20.8 Å². The molecule has 166 valence electrons. The third-order valence-electron chi connectivity index (χ3n) is 5.22. The van der Waals surface area contributed by atoms with Crippen molar-refractivity contribution in [2.75, 3.05) is 45.4 Å². The fourth-order valence-corrected chi connectivity index (χ4v) is 3.72. The number of hydrogen-bond donors (Lipinski definition) is 0. The lowest BCUT2D eigenvalue weighted by Gasteiger charge is -2.30. The van der Waals surface area contributed by atoms with E-state index < -0.39 is 17.8 Å². The molecule has 0 amide bonds. The number of carbonyl (C=O) groups excluding carboxylic acids is 2. The number of morpholine rings is 1. The van der Waals surface area contributed by atoms with Crippen LogP contribution >= 0.6 is 0 Å². The summed E-state index contributed by atoms with van der Waals surface area (Å²) in [6.45, 7) is 2.23. The number of rotatable bonds is 5. The first-order valence-electron chi connectivity index (χ1n) is 10.0. The minimum Gasteiger partial charge on any atom is -0.465 e. The van der Waals surface area contributed by atoms with Gasteiger partial charge >= 0.3 is 11.9 Å². The topological polar surface area (TPSA) is 82.9 Å². The largest absolute Gasteiger partial charge is 0.465 e.